The van der Waals surface area contributed by atoms with E-state index in [9.17, 15) is 8.78 Å². The predicted octanol–water partition coefficient (Wildman–Crippen LogP) is 9.54. The topological polar surface area (TPSA) is 66.7 Å². The molecule has 0 aliphatic heterocycles. The highest BCUT2D eigenvalue weighted by atomic mass is 79.9. The summed E-state index contributed by atoms with van der Waals surface area (Å²) >= 11 is 12.9. The number of hydrogen-bond acceptors (Lipinski definition) is 4. The van der Waals surface area contributed by atoms with Crippen LogP contribution >= 0.6 is 63.7 Å². The van der Waals surface area contributed by atoms with Crippen molar-refractivity contribution in [3.63, 3.8) is 0 Å². The van der Waals surface area contributed by atoms with Crippen LogP contribution in [0.4, 0.5) is 8.78 Å². The van der Waals surface area contributed by atoms with Gasteiger partial charge in [0, 0.05) is 25.3 Å². The van der Waals surface area contributed by atoms with Crippen LogP contribution in [-0.4, -0.2) is 17.2 Å². The standard InChI is InChI=1S/C14H7Br2FO.C8H6BBrO3.C7H6BrF/c15-10-2-4-13-9(5-10)7-14(18-13)8-1-3-11(16)12(17)6-8;10-6-1-2-7-5(3-6)4-8(13-7)9(11)12;1-5-2-3-6(8)7(9)4-5/h1-7H;1-4,11-12H;2-4H,1H3. The molecule has 4 aromatic carbocycles. The first kappa shape index (κ1) is 30.7. The van der Waals surface area contributed by atoms with Crippen LogP contribution in [0.1, 0.15) is 5.56 Å². The van der Waals surface area contributed by atoms with Crippen molar-refractivity contribution >= 4 is 98.4 Å². The Morgan fingerprint density at radius 2 is 1.18 bits per heavy atom. The van der Waals surface area contributed by atoms with Crippen LogP contribution in [0, 0.1) is 18.6 Å². The zero-order valence-electron chi connectivity index (χ0n) is 20.6. The van der Waals surface area contributed by atoms with Crippen LogP contribution in [0.2, 0.25) is 0 Å². The second kappa shape index (κ2) is 13.6. The SMILES string of the molecule is Cc1ccc(Br)c(F)c1.Fc1cc(-c2cc3cc(Br)ccc3o2)ccc1Br.OB(O)c1cc2cc(Br)ccc2o1. The van der Waals surface area contributed by atoms with Gasteiger partial charge in [0.05, 0.1) is 8.95 Å². The zero-order chi connectivity index (χ0) is 29.0. The molecule has 0 amide bonds. The molecule has 40 heavy (non-hydrogen) atoms. The molecule has 0 atom stereocenters. The molecule has 0 spiro atoms. The molecule has 2 N–H and O–H groups in total. The molecule has 6 rings (SSSR count). The quantitative estimate of drug-likeness (QED) is 0.171. The summed E-state index contributed by atoms with van der Waals surface area (Å²) in [6.45, 7) is 1.86. The molecular formula is C29H19BBr4F2O4. The van der Waals surface area contributed by atoms with Crippen LogP contribution in [0.3, 0.4) is 0 Å². The third kappa shape index (κ3) is 7.93. The van der Waals surface area contributed by atoms with Crippen molar-refractivity contribution in [2.24, 2.45) is 0 Å². The minimum atomic E-state index is -1.55. The van der Waals surface area contributed by atoms with Gasteiger partial charge in [-0.2, -0.15) is 0 Å². The maximum absolute atomic E-state index is 13.5. The van der Waals surface area contributed by atoms with Crippen LogP contribution in [0.15, 0.2) is 112 Å². The Labute approximate surface area is 262 Å². The first-order valence-corrected chi connectivity index (χ1v) is 14.8. The lowest BCUT2D eigenvalue weighted by molar-refractivity contribution is 0.412. The van der Waals surface area contributed by atoms with E-state index in [1.54, 1.807) is 24.3 Å². The van der Waals surface area contributed by atoms with E-state index in [1.165, 1.54) is 12.1 Å². The normalized spacial score (nSPS) is 10.6. The van der Waals surface area contributed by atoms with Crippen molar-refractivity contribution in [1.29, 1.82) is 0 Å². The van der Waals surface area contributed by atoms with Crippen LogP contribution in [-0.2, 0) is 0 Å². The lowest BCUT2D eigenvalue weighted by atomic mass is 9.88. The van der Waals surface area contributed by atoms with E-state index in [4.69, 9.17) is 18.9 Å². The van der Waals surface area contributed by atoms with Gasteiger partial charge in [0.25, 0.3) is 0 Å². The van der Waals surface area contributed by atoms with Gasteiger partial charge in [0.2, 0.25) is 0 Å². The lowest BCUT2D eigenvalue weighted by Gasteiger charge is -1.98. The van der Waals surface area contributed by atoms with Gasteiger partial charge in [-0.3, -0.25) is 0 Å². The second-order valence-corrected chi connectivity index (χ2v) is 12.1. The summed E-state index contributed by atoms with van der Waals surface area (Å²) in [6, 6.07) is 24.7. The molecule has 204 valence electrons. The maximum atomic E-state index is 13.5. The fraction of sp³-hybridized carbons (Fsp3) is 0.0345. The van der Waals surface area contributed by atoms with E-state index in [2.05, 4.69) is 63.7 Å². The predicted molar refractivity (Wildman–Crippen MR) is 170 cm³/mol. The number of rotatable bonds is 2. The number of aryl methyl sites for hydroxylation is 1. The van der Waals surface area contributed by atoms with E-state index < -0.39 is 7.12 Å². The molecule has 0 saturated carbocycles. The Bertz CT molecular complexity index is 1790. The third-order valence-electron chi connectivity index (χ3n) is 5.51. The largest absolute Gasteiger partial charge is 0.526 e. The molecule has 0 unspecified atom stereocenters. The fourth-order valence-electron chi connectivity index (χ4n) is 3.57. The van der Waals surface area contributed by atoms with E-state index in [0.717, 1.165) is 36.4 Å². The molecule has 0 aliphatic carbocycles. The Morgan fingerprint density at radius 1 is 0.625 bits per heavy atom. The molecular weight excluding hydrogens is 781 g/mol. The summed E-state index contributed by atoms with van der Waals surface area (Å²) < 4.78 is 39.8. The molecule has 2 heterocycles. The molecule has 0 radical (unpaired) electrons. The van der Waals surface area contributed by atoms with Crippen LogP contribution < -0.4 is 5.66 Å². The Kier molecular flexibility index (Phi) is 10.4. The minimum absolute atomic E-state index is 0.160. The fourth-order valence-corrected chi connectivity index (χ4v) is 4.82. The maximum Gasteiger partial charge on any atom is 0.526 e. The highest BCUT2D eigenvalue weighted by molar-refractivity contribution is 9.11. The van der Waals surface area contributed by atoms with Gasteiger partial charge >= 0.3 is 7.12 Å². The summed E-state index contributed by atoms with van der Waals surface area (Å²) in [5.41, 5.74) is 3.26. The minimum Gasteiger partial charge on any atom is -0.465 e. The summed E-state index contributed by atoms with van der Waals surface area (Å²) in [7, 11) is -1.55. The first-order chi connectivity index (χ1) is 19.0. The summed E-state index contributed by atoms with van der Waals surface area (Å²) in [5, 5.41) is 19.5. The Hall–Kier alpha value is -2.28. The highest BCUT2D eigenvalue weighted by Gasteiger charge is 2.16. The number of furan rings is 2. The molecule has 4 nitrogen and oxygen atoms in total. The highest BCUT2D eigenvalue weighted by Crippen LogP contribution is 2.31. The summed E-state index contributed by atoms with van der Waals surface area (Å²) in [4.78, 5) is 0. The smallest absolute Gasteiger partial charge is 0.465 e. The van der Waals surface area contributed by atoms with E-state index in [-0.39, 0.29) is 17.3 Å². The Balaban J connectivity index is 0.000000148. The number of benzene rings is 4. The second-order valence-electron chi connectivity index (χ2n) is 8.54. The van der Waals surface area contributed by atoms with Crippen LogP contribution in [0.5, 0.6) is 0 Å². The summed E-state index contributed by atoms with van der Waals surface area (Å²) in [5.74, 6) is 0.165. The molecule has 11 heteroatoms. The van der Waals surface area contributed by atoms with Gasteiger partial charge in [0.1, 0.15) is 34.2 Å². The molecule has 0 fully saturated rings. The van der Waals surface area contributed by atoms with E-state index >= 15 is 0 Å². The number of fused-ring (bicyclic) bond motifs is 2. The monoisotopic (exact) mass is 796 g/mol. The molecule has 6 aromatic rings. The van der Waals surface area contributed by atoms with Gasteiger partial charge in [-0.05, 0) is 123 Å². The molecule has 0 aliphatic rings. The molecule has 0 saturated heterocycles. The first-order valence-electron chi connectivity index (χ1n) is 11.6. The van der Waals surface area contributed by atoms with Gasteiger partial charge in [-0.15, -0.1) is 0 Å². The van der Waals surface area contributed by atoms with Gasteiger partial charge < -0.3 is 18.9 Å². The third-order valence-corrected chi connectivity index (χ3v) is 7.78. The van der Waals surface area contributed by atoms with Gasteiger partial charge in [0.15, 0.2) is 0 Å². The lowest BCUT2D eigenvalue weighted by Crippen LogP contribution is -2.27. The van der Waals surface area contributed by atoms with Crippen molar-refractivity contribution in [3.05, 3.63) is 120 Å². The average Bonchev–Trinajstić information content (AvgIpc) is 3.53. The molecule has 2 aromatic heterocycles. The zero-order valence-corrected chi connectivity index (χ0v) is 27.0. The van der Waals surface area contributed by atoms with E-state index in [1.807, 2.05) is 55.5 Å². The van der Waals surface area contributed by atoms with Crippen molar-refractivity contribution in [1.82, 2.24) is 0 Å². The summed E-state index contributed by atoms with van der Waals surface area (Å²) in [6.07, 6.45) is 0. The number of hydrogen-bond donors (Lipinski definition) is 2. The van der Waals surface area contributed by atoms with Crippen molar-refractivity contribution in [2.75, 3.05) is 0 Å². The van der Waals surface area contributed by atoms with Crippen molar-refractivity contribution in [2.45, 2.75) is 6.92 Å². The van der Waals surface area contributed by atoms with Crippen molar-refractivity contribution in [3.8, 4) is 11.3 Å². The van der Waals surface area contributed by atoms with Gasteiger partial charge in [-0.25, -0.2) is 8.78 Å². The number of halogens is 6. The average molecular weight is 800 g/mol. The molecule has 0 bridgehead atoms. The van der Waals surface area contributed by atoms with Gasteiger partial charge in [-0.1, -0.05) is 37.9 Å². The van der Waals surface area contributed by atoms with Crippen LogP contribution in [0.25, 0.3) is 33.3 Å². The van der Waals surface area contributed by atoms with E-state index in [0.29, 0.717) is 20.3 Å². The van der Waals surface area contributed by atoms with Crippen molar-refractivity contribution < 1.29 is 27.7 Å². The Morgan fingerprint density at radius 3 is 1.73 bits per heavy atom.